The predicted molar refractivity (Wildman–Crippen MR) is 119 cm³/mol. The number of nitriles is 1. The van der Waals surface area contributed by atoms with Gasteiger partial charge in [0.15, 0.2) is 0 Å². The number of hydrogen-bond donors (Lipinski definition) is 0. The second-order valence-electron chi connectivity index (χ2n) is 7.31. The lowest BCUT2D eigenvalue weighted by atomic mass is 9.93. The number of aromatic nitrogens is 2. The molecule has 0 saturated heterocycles. The molecule has 0 bridgehead atoms. The maximum absolute atomic E-state index is 9.60. The highest BCUT2D eigenvalue weighted by Gasteiger charge is 2.10. The van der Waals surface area contributed by atoms with E-state index in [1.807, 2.05) is 48.7 Å². The monoisotopic (exact) mass is 375 g/mol. The molecule has 0 aliphatic heterocycles. The SMILES string of the molecule is CC(C)c1cc(-c2cccc(/C=C(\C#N)c3ccccn3)c2)c2ncccc2c1. The molecule has 29 heavy (non-hydrogen) atoms. The van der Waals surface area contributed by atoms with Crippen molar-refractivity contribution >= 4 is 22.6 Å². The maximum Gasteiger partial charge on any atom is 0.101 e. The minimum atomic E-state index is 0.427. The van der Waals surface area contributed by atoms with Crippen LogP contribution < -0.4 is 0 Å². The molecule has 0 radical (unpaired) electrons. The van der Waals surface area contributed by atoms with Gasteiger partial charge in [0.25, 0.3) is 0 Å². The summed E-state index contributed by atoms with van der Waals surface area (Å²) in [7, 11) is 0. The number of fused-ring (bicyclic) bond motifs is 1. The van der Waals surface area contributed by atoms with Gasteiger partial charge in [-0.3, -0.25) is 9.97 Å². The Labute approximate surface area is 171 Å². The lowest BCUT2D eigenvalue weighted by Crippen LogP contribution is -1.92. The van der Waals surface area contributed by atoms with Crippen LogP contribution in [0.2, 0.25) is 0 Å². The van der Waals surface area contributed by atoms with Crippen LogP contribution in [0.1, 0.15) is 36.6 Å². The Hall–Kier alpha value is -3.77. The van der Waals surface area contributed by atoms with Gasteiger partial charge in [0.1, 0.15) is 6.07 Å². The summed E-state index contributed by atoms with van der Waals surface area (Å²) in [4.78, 5) is 8.93. The van der Waals surface area contributed by atoms with E-state index in [0.717, 1.165) is 27.6 Å². The second-order valence-corrected chi connectivity index (χ2v) is 7.31. The second kappa shape index (κ2) is 8.08. The van der Waals surface area contributed by atoms with Crippen LogP contribution in [0, 0.1) is 11.3 Å². The van der Waals surface area contributed by atoms with Crippen molar-refractivity contribution in [1.82, 2.24) is 9.97 Å². The molecule has 0 saturated carbocycles. The molecule has 0 spiro atoms. The first kappa shape index (κ1) is 18.6. The van der Waals surface area contributed by atoms with Crippen molar-refractivity contribution in [2.45, 2.75) is 19.8 Å². The number of hydrogen-bond acceptors (Lipinski definition) is 3. The van der Waals surface area contributed by atoms with E-state index in [-0.39, 0.29) is 0 Å². The van der Waals surface area contributed by atoms with Gasteiger partial charge in [-0.15, -0.1) is 0 Å². The normalized spacial score (nSPS) is 11.6. The van der Waals surface area contributed by atoms with Crippen molar-refractivity contribution in [1.29, 1.82) is 5.26 Å². The molecule has 3 nitrogen and oxygen atoms in total. The Balaban J connectivity index is 1.84. The van der Waals surface area contributed by atoms with Crippen LogP contribution in [0.5, 0.6) is 0 Å². The van der Waals surface area contributed by atoms with E-state index >= 15 is 0 Å². The average Bonchev–Trinajstić information content (AvgIpc) is 2.77. The van der Waals surface area contributed by atoms with Crippen LogP contribution in [0.25, 0.3) is 33.7 Å². The largest absolute Gasteiger partial charge is 0.256 e. The molecule has 0 atom stereocenters. The van der Waals surface area contributed by atoms with Gasteiger partial charge in [-0.1, -0.05) is 44.2 Å². The molecule has 0 amide bonds. The van der Waals surface area contributed by atoms with E-state index in [1.54, 1.807) is 6.20 Å². The molecule has 0 aliphatic carbocycles. The van der Waals surface area contributed by atoms with E-state index in [0.29, 0.717) is 17.2 Å². The van der Waals surface area contributed by atoms with Crippen LogP contribution in [0.3, 0.4) is 0 Å². The van der Waals surface area contributed by atoms with Gasteiger partial charge in [0.05, 0.1) is 16.8 Å². The van der Waals surface area contributed by atoms with E-state index in [9.17, 15) is 5.26 Å². The summed E-state index contributed by atoms with van der Waals surface area (Å²) in [6.45, 7) is 4.40. The molecule has 4 rings (SSSR count). The van der Waals surface area contributed by atoms with Crippen molar-refractivity contribution < 1.29 is 0 Å². The molecular formula is C26H21N3. The third-order valence-corrected chi connectivity index (χ3v) is 4.96. The Morgan fingerprint density at radius 1 is 0.931 bits per heavy atom. The predicted octanol–water partition coefficient (Wildman–Crippen LogP) is 6.48. The number of allylic oxidation sites excluding steroid dienone is 1. The zero-order valence-corrected chi connectivity index (χ0v) is 16.5. The van der Waals surface area contributed by atoms with Crippen LogP contribution >= 0.6 is 0 Å². The summed E-state index contributed by atoms with van der Waals surface area (Å²) in [6, 6.07) is 24.6. The summed E-state index contributed by atoms with van der Waals surface area (Å²) < 4.78 is 0. The van der Waals surface area contributed by atoms with Crippen molar-refractivity contribution in [3.05, 3.63) is 95.9 Å². The van der Waals surface area contributed by atoms with Crippen LogP contribution in [-0.4, -0.2) is 9.97 Å². The fraction of sp³-hybridized carbons (Fsp3) is 0.115. The highest BCUT2D eigenvalue weighted by molar-refractivity contribution is 5.95. The first-order valence-electron chi connectivity index (χ1n) is 9.68. The molecule has 0 fully saturated rings. The Morgan fingerprint density at radius 2 is 1.79 bits per heavy atom. The smallest absolute Gasteiger partial charge is 0.101 e. The summed E-state index contributed by atoms with van der Waals surface area (Å²) in [5, 5.41) is 10.7. The third kappa shape index (κ3) is 3.93. The minimum absolute atomic E-state index is 0.427. The van der Waals surface area contributed by atoms with E-state index in [2.05, 4.69) is 60.2 Å². The number of rotatable bonds is 4. The van der Waals surface area contributed by atoms with Crippen molar-refractivity contribution in [3.8, 4) is 17.2 Å². The molecule has 3 heteroatoms. The summed E-state index contributed by atoms with van der Waals surface area (Å²) in [5.74, 6) is 0.427. The lowest BCUT2D eigenvalue weighted by molar-refractivity contribution is 0.869. The van der Waals surface area contributed by atoms with Crippen molar-refractivity contribution in [2.75, 3.05) is 0 Å². The zero-order valence-electron chi connectivity index (χ0n) is 16.5. The number of nitrogens with zero attached hydrogens (tertiary/aromatic N) is 3. The lowest BCUT2D eigenvalue weighted by Gasteiger charge is -2.13. The van der Waals surface area contributed by atoms with Crippen molar-refractivity contribution in [3.63, 3.8) is 0 Å². The molecule has 0 aliphatic rings. The van der Waals surface area contributed by atoms with Gasteiger partial charge in [-0.2, -0.15) is 5.26 Å². The molecule has 140 valence electrons. The fourth-order valence-corrected chi connectivity index (χ4v) is 3.42. The molecular weight excluding hydrogens is 354 g/mol. The molecule has 2 aromatic heterocycles. The molecule has 4 aromatic rings. The van der Waals surface area contributed by atoms with Gasteiger partial charge >= 0.3 is 0 Å². The van der Waals surface area contributed by atoms with Gasteiger partial charge in [-0.05, 0) is 65.1 Å². The van der Waals surface area contributed by atoms with Gasteiger partial charge < -0.3 is 0 Å². The number of benzene rings is 2. The Kier molecular flexibility index (Phi) is 5.18. The maximum atomic E-state index is 9.60. The van der Waals surface area contributed by atoms with E-state index in [1.165, 1.54) is 5.56 Å². The quantitative estimate of drug-likeness (QED) is 0.383. The third-order valence-electron chi connectivity index (χ3n) is 4.96. The highest BCUT2D eigenvalue weighted by Crippen LogP contribution is 2.32. The first-order valence-corrected chi connectivity index (χ1v) is 9.68. The summed E-state index contributed by atoms with van der Waals surface area (Å²) >= 11 is 0. The van der Waals surface area contributed by atoms with Gasteiger partial charge in [0, 0.05) is 23.3 Å². The Morgan fingerprint density at radius 3 is 2.55 bits per heavy atom. The zero-order chi connectivity index (χ0) is 20.2. The van der Waals surface area contributed by atoms with E-state index in [4.69, 9.17) is 0 Å². The standard InChI is InChI=1S/C26H21N3/c1-18(2)22-15-21-9-6-12-29-26(21)24(16-22)20-8-5-7-19(13-20)14-23(17-27)25-10-3-4-11-28-25/h3-16,18H,1-2H3/b23-14+. The van der Waals surface area contributed by atoms with Crippen LogP contribution in [-0.2, 0) is 0 Å². The van der Waals surface area contributed by atoms with Crippen molar-refractivity contribution in [2.24, 2.45) is 0 Å². The molecule has 0 N–H and O–H groups in total. The molecule has 2 aromatic carbocycles. The molecule has 0 unspecified atom stereocenters. The topological polar surface area (TPSA) is 49.6 Å². The number of pyridine rings is 2. The Bertz CT molecular complexity index is 1230. The molecule has 2 heterocycles. The van der Waals surface area contributed by atoms with Gasteiger partial charge in [0.2, 0.25) is 0 Å². The fourth-order valence-electron chi connectivity index (χ4n) is 3.42. The van der Waals surface area contributed by atoms with Crippen LogP contribution in [0.4, 0.5) is 0 Å². The first-order chi connectivity index (χ1) is 14.2. The summed E-state index contributed by atoms with van der Waals surface area (Å²) in [5.41, 5.74) is 6.65. The van der Waals surface area contributed by atoms with E-state index < -0.39 is 0 Å². The summed E-state index contributed by atoms with van der Waals surface area (Å²) in [6.07, 6.45) is 5.42. The highest BCUT2D eigenvalue weighted by atomic mass is 14.7. The minimum Gasteiger partial charge on any atom is -0.256 e. The van der Waals surface area contributed by atoms with Crippen LogP contribution in [0.15, 0.2) is 79.1 Å². The van der Waals surface area contributed by atoms with Gasteiger partial charge in [-0.25, -0.2) is 0 Å². The average molecular weight is 375 g/mol.